The van der Waals surface area contributed by atoms with Gasteiger partial charge < -0.3 is 10.6 Å². The predicted octanol–water partition coefficient (Wildman–Crippen LogP) is 3.73. The van der Waals surface area contributed by atoms with Crippen LogP contribution in [0.5, 0.6) is 0 Å². The van der Waals surface area contributed by atoms with Gasteiger partial charge in [-0.05, 0) is 26.0 Å². The highest BCUT2D eigenvalue weighted by Crippen LogP contribution is 2.22. The number of thiazole rings is 1. The van der Waals surface area contributed by atoms with E-state index in [4.69, 9.17) is 4.99 Å². The number of nitrogens with one attached hydrogen (secondary N) is 2. The van der Waals surface area contributed by atoms with E-state index in [9.17, 15) is 0 Å². The molecule has 0 aliphatic carbocycles. The minimum absolute atomic E-state index is 0.435. The molecule has 24 heavy (non-hydrogen) atoms. The minimum Gasteiger partial charge on any atom is -0.357 e. The Morgan fingerprint density at radius 3 is 2.75 bits per heavy atom. The Kier molecular flexibility index (Phi) is 8.12. The van der Waals surface area contributed by atoms with Gasteiger partial charge in [0.2, 0.25) is 0 Å². The standard InChI is InChI=1S/C18H26N4S2/c1-4-19-18(20-11-10-17-21-12-15(3)24-17)22-13-14(2)23-16-8-6-5-7-9-16/h5-9,12,14H,4,10-11,13H2,1-3H3,(H2,19,20,22). The first-order chi connectivity index (χ1) is 11.7. The summed E-state index contributed by atoms with van der Waals surface area (Å²) in [6.45, 7) is 8.88. The van der Waals surface area contributed by atoms with Gasteiger partial charge in [0.25, 0.3) is 0 Å². The summed E-state index contributed by atoms with van der Waals surface area (Å²) in [5, 5.41) is 8.30. The van der Waals surface area contributed by atoms with E-state index in [2.05, 4.69) is 60.7 Å². The van der Waals surface area contributed by atoms with E-state index in [-0.39, 0.29) is 0 Å². The van der Waals surface area contributed by atoms with E-state index >= 15 is 0 Å². The molecule has 1 atom stereocenters. The van der Waals surface area contributed by atoms with Crippen LogP contribution in [0.1, 0.15) is 23.7 Å². The number of guanidine groups is 1. The maximum Gasteiger partial charge on any atom is 0.191 e. The van der Waals surface area contributed by atoms with Crippen LogP contribution in [0.4, 0.5) is 0 Å². The van der Waals surface area contributed by atoms with Gasteiger partial charge in [-0.2, -0.15) is 0 Å². The molecule has 6 heteroatoms. The summed E-state index contributed by atoms with van der Waals surface area (Å²) in [6, 6.07) is 10.5. The molecule has 1 aromatic carbocycles. The fourth-order valence-corrected chi connectivity index (χ4v) is 3.85. The third-order valence-electron chi connectivity index (χ3n) is 3.23. The zero-order valence-corrected chi connectivity index (χ0v) is 16.2. The highest BCUT2D eigenvalue weighted by molar-refractivity contribution is 8.00. The number of hydrogen-bond acceptors (Lipinski definition) is 4. The predicted molar refractivity (Wildman–Crippen MR) is 106 cm³/mol. The van der Waals surface area contributed by atoms with Crippen LogP contribution in [0.15, 0.2) is 46.4 Å². The summed E-state index contributed by atoms with van der Waals surface area (Å²) >= 11 is 3.61. The lowest BCUT2D eigenvalue weighted by Gasteiger charge is -2.13. The quantitative estimate of drug-likeness (QED) is 0.427. The van der Waals surface area contributed by atoms with Crippen molar-refractivity contribution in [2.24, 2.45) is 4.99 Å². The van der Waals surface area contributed by atoms with Gasteiger partial charge in [-0.15, -0.1) is 23.1 Å². The Morgan fingerprint density at radius 1 is 1.29 bits per heavy atom. The van der Waals surface area contributed by atoms with Crippen LogP contribution in [0, 0.1) is 6.92 Å². The van der Waals surface area contributed by atoms with Gasteiger partial charge in [0.1, 0.15) is 0 Å². The lowest BCUT2D eigenvalue weighted by Crippen LogP contribution is -2.38. The molecule has 1 heterocycles. The van der Waals surface area contributed by atoms with Gasteiger partial charge >= 0.3 is 0 Å². The Hall–Kier alpha value is -1.53. The molecule has 0 amide bonds. The zero-order chi connectivity index (χ0) is 17.2. The average Bonchev–Trinajstić information content (AvgIpc) is 2.99. The van der Waals surface area contributed by atoms with Gasteiger partial charge in [0.05, 0.1) is 11.6 Å². The van der Waals surface area contributed by atoms with Crippen LogP contribution < -0.4 is 10.6 Å². The smallest absolute Gasteiger partial charge is 0.191 e. The van der Waals surface area contributed by atoms with Crippen LogP contribution in [-0.2, 0) is 6.42 Å². The highest BCUT2D eigenvalue weighted by Gasteiger charge is 2.05. The zero-order valence-electron chi connectivity index (χ0n) is 14.6. The van der Waals surface area contributed by atoms with Gasteiger partial charge in [-0.3, -0.25) is 4.99 Å². The molecule has 2 N–H and O–H groups in total. The van der Waals surface area contributed by atoms with E-state index in [1.165, 1.54) is 14.8 Å². The third-order valence-corrected chi connectivity index (χ3v) is 5.30. The Bertz CT molecular complexity index is 625. The van der Waals surface area contributed by atoms with Crippen molar-refractivity contribution >= 4 is 29.1 Å². The van der Waals surface area contributed by atoms with E-state index in [1.807, 2.05) is 24.0 Å². The summed E-state index contributed by atoms with van der Waals surface area (Å²) in [7, 11) is 0. The maximum absolute atomic E-state index is 4.70. The number of aryl methyl sites for hydroxylation is 1. The molecule has 0 fully saturated rings. The highest BCUT2D eigenvalue weighted by atomic mass is 32.2. The number of benzene rings is 1. The van der Waals surface area contributed by atoms with Crippen LogP contribution in [0.3, 0.4) is 0 Å². The summed E-state index contributed by atoms with van der Waals surface area (Å²) in [5.41, 5.74) is 0. The van der Waals surface area contributed by atoms with Crippen molar-refractivity contribution in [1.82, 2.24) is 15.6 Å². The van der Waals surface area contributed by atoms with Gasteiger partial charge in [-0.1, -0.05) is 25.1 Å². The summed E-state index contributed by atoms with van der Waals surface area (Å²) < 4.78 is 0. The van der Waals surface area contributed by atoms with E-state index in [1.54, 1.807) is 11.3 Å². The largest absolute Gasteiger partial charge is 0.357 e. The second-order valence-electron chi connectivity index (χ2n) is 5.50. The van der Waals surface area contributed by atoms with Crippen LogP contribution >= 0.6 is 23.1 Å². The lowest BCUT2D eigenvalue weighted by atomic mass is 10.4. The van der Waals surface area contributed by atoms with E-state index in [0.29, 0.717) is 5.25 Å². The number of aromatic nitrogens is 1. The molecular formula is C18H26N4S2. The van der Waals surface area contributed by atoms with Crippen molar-refractivity contribution in [3.63, 3.8) is 0 Å². The fraction of sp³-hybridized carbons (Fsp3) is 0.444. The molecule has 4 nitrogen and oxygen atoms in total. The first kappa shape index (κ1) is 18.8. The van der Waals surface area contributed by atoms with Gasteiger partial charge in [-0.25, -0.2) is 4.98 Å². The van der Waals surface area contributed by atoms with Crippen LogP contribution in [0.25, 0.3) is 0 Å². The average molecular weight is 363 g/mol. The molecule has 2 rings (SSSR count). The molecule has 1 aromatic heterocycles. The third kappa shape index (κ3) is 6.93. The van der Waals surface area contributed by atoms with Crippen molar-refractivity contribution in [2.45, 2.75) is 37.3 Å². The monoisotopic (exact) mass is 362 g/mol. The topological polar surface area (TPSA) is 49.3 Å². The van der Waals surface area contributed by atoms with Crippen LogP contribution in [-0.4, -0.2) is 35.8 Å². The minimum atomic E-state index is 0.435. The first-order valence-electron chi connectivity index (χ1n) is 8.32. The second-order valence-corrected chi connectivity index (χ2v) is 8.33. The molecule has 130 valence electrons. The molecule has 0 saturated heterocycles. The van der Waals surface area contributed by atoms with Gasteiger partial charge in [0, 0.05) is 40.7 Å². The van der Waals surface area contributed by atoms with Crippen molar-refractivity contribution in [3.8, 4) is 0 Å². The van der Waals surface area contributed by atoms with Crippen molar-refractivity contribution in [3.05, 3.63) is 46.4 Å². The molecule has 0 spiro atoms. The normalized spacial score (nSPS) is 12.9. The van der Waals surface area contributed by atoms with Crippen LogP contribution in [0.2, 0.25) is 0 Å². The molecule has 0 aliphatic heterocycles. The van der Waals surface area contributed by atoms with Crippen molar-refractivity contribution < 1.29 is 0 Å². The van der Waals surface area contributed by atoms with E-state index < -0.39 is 0 Å². The number of thioether (sulfide) groups is 1. The van der Waals surface area contributed by atoms with E-state index in [0.717, 1.165) is 32.0 Å². The number of nitrogens with zero attached hydrogens (tertiary/aromatic N) is 2. The Balaban J connectivity index is 1.78. The van der Waals surface area contributed by atoms with Gasteiger partial charge in [0.15, 0.2) is 5.96 Å². The maximum atomic E-state index is 4.70. The molecule has 0 aliphatic rings. The molecule has 1 unspecified atom stereocenters. The number of hydrogen-bond donors (Lipinski definition) is 2. The second kappa shape index (κ2) is 10.4. The van der Waals surface area contributed by atoms with Crippen molar-refractivity contribution in [1.29, 1.82) is 0 Å². The number of aliphatic imine (C=N–C) groups is 1. The van der Waals surface area contributed by atoms with Crippen molar-refractivity contribution in [2.75, 3.05) is 19.6 Å². The lowest BCUT2D eigenvalue weighted by molar-refractivity contribution is 0.793. The summed E-state index contributed by atoms with van der Waals surface area (Å²) in [6.07, 6.45) is 2.86. The fourth-order valence-electron chi connectivity index (χ4n) is 2.14. The Morgan fingerprint density at radius 2 is 2.08 bits per heavy atom. The summed E-state index contributed by atoms with van der Waals surface area (Å²) in [5.74, 6) is 0.881. The molecule has 0 saturated carbocycles. The SMILES string of the molecule is CCNC(=NCC(C)Sc1ccccc1)NCCc1ncc(C)s1. The number of rotatable bonds is 8. The molecular weight excluding hydrogens is 336 g/mol. The molecule has 0 radical (unpaired) electrons. The first-order valence-corrected chi connectivity index (χ1v) is 10.0. The Labute approximate surface area is 153 Å². The summed E-state index contributed by atoms with van der Waals surface area (Å²) in [4.78, 5) is 11.6. The molecule has 0 bridgehead atoms. The molecule has 2 aromatic rings.